The summed E-state index contributed by atoms with van der Waals surface area (Å²) in [6.45, 7) is 11.0. The molecule has 0 aromatic carbocycles. The maximum atomic E-state index is 10.9. The van der Waals surface area contributed by atoms with Gasteiger partial charge in [-0.15, -0.1) is 0 Å². The standard InChI is InChI=1S/C13H26O4Si/c1-5-13(10-16-11-13)9-15-7-6-8-18(3,4)17-12(2)14/h5-11H2,1-4H3. The molecular formula is C13H26O4Si. The van der Waals surface area contributed by atoms with Gasteiger partial charge in [0.2, 0.25) is 8.32 Å². The van der Waals surface area contributed by atoms with E-state index in [-0.39, 0.29) is 11.4 Å². The zero-order valence-electron chi connectivity index (χ0n) is 12.1. The summed E-state index contributed by atoms with van der Waals surface area (Å²) in [6, 6.07) is 0.961. The van der Waals surface area contributed by atoms with E-state index in [0.717, 1.165) is 45.3 Å². The average Bonchev–Trinajstić information content (AvgIpc) is 2.19. The van der Waals surface area contributed by atoms with E-state index in [1.807, 2.05) is 0 Å². The summed E-state index contributed by atoms with van der Waals surface area (Å²) >= 11 is 0. The molecule has 1 aliphatic rings. The predicted molar refractivity (Wildman–Crippen MR) is 73.0 cm³/mol. The number of carbonyl (C=O) groups is 1. The van der Waals surface area contributed by atoms with Crippen molar-refractivity contribution in [2.45, 2.75) is 45.8 Å². The van der Waals surface area contributed by atoms with E-state index in [2.05, 4.69) is 20.0 Å². The monoisotopic (exact) mass is 274 g/mol. The third-order valence-electron chi connectivity index (χ3n) is 3.46. The zero-order valence-corrected chi connectivity index (χ0v) is 13.1. The van der Waals surface area contributed by atoms with Crippen LogP contribution in [0.3, 0.4) is 0 Å². The van der Waals surface area contributed by atoms with Gasteiger partial charge in [-0.25, -0.2) is 0 Å². The van der Waals surface area contributed by atoms with Gasteiger partial charge in [-0.05, 0) is 32.0 Å². The summed E-state index contributed by atoms with van der Waals surface area (Å²) in [5.41, 5.74) is 0.267. The minimum absolute atomic E-state index is 0.163. The van der Waals surface area contributed by atoms with Gasteiger partial charge in [-0.3, -0.25) is 4.79 Å². The van der Waals surface area contributed by atoms with Crippen LogP contribution in [0.15, 0.2) is 0 Å². The molecule has 0 N–H and O–H groups in total. The molecule has 1 rings (SSSR count). The highest BCUT2D eigenvalue weighted by molar-refractivity contribution is 6.72. The molecule has 0 aromatic rings. The van der Waals surface area contributed by atoms with Crippen LogP contribution in [0.2, 0.25) is 19.1 Å². The first kappa shape index (κ1) is 15.7. The lowest BCUT2D eigenvalue weighted by atomic mass is 9.84. The number of hydrogen-bond donors (Lipinski definition) is 0. The molecule has 1 heterocycles. The lowest BCUT2D eigenvalue weighted by molar-refractivity contribution is -0.150. The first-order valence-electron chi connectivity index (χ1n) is 6.74. The highest BCUT2D eigenvalue weighted by Gasteiger charge is 2.37. The molecule has 4 nitrogen and oxygen atoms in total. The van der Waals surface area contributed by atoms with E-state index < -0.39 is 8.32 Å². The van der Waals surface area contributed by atoms with Crippen molar-refractivity contribution in [2.75, 3.05) is 26.4 Å². The Labute approximate surface area is 111 Å². The van der Waals surface area contributed by atoms with Crippen molar-refractivity contribution in [3.8, 4) is 0 Å². The normalized spacial score (nSPS) is 18.2. The fourth-order valence-electron chi connectivity index (χ4n) is 2.11. The van der Waals surface area contributed by atoms with Gasteiger partial charge in [0.05, 0.1) is 19.8 Å². The SMILES string of the molecule is CCC1(COCCC[Si](C)(C)OC(C)=O)COC1. The van der Waals surface area contributed by atoms with E-state index in [1.165, 1.54) is 6.92 Å². The summed E-state index contributed by atoms with van der Waals surface area (Å²) < 4.78 is 16.4. The van der Waals surface area contributed by atoms with Crippen LogP contribution >= 0.6 is 0 Å². The summed E-state index contributed by atoms with van der Waals surface area (Å²) in [4.78, 5) is 10.9. The molecule has 0 aromatic heterocycles. The molecule has 1 fully saturated rings. The second-order valence-corrected chi connectivity index (χ2v) is 10.1. The molecule has 0 unspecified atom stereocenters. The van der Waals surface area contributed by atoms with Crippen LogP contribution in [0.1, 0.15) is 26.7 Å². The van der Waals surface area contributed by atoms with E-state index in [1.54, 1.807) is 0 Å². The second kappa shape index (κ2) is 6.68. The van der Waals surface area contributed by atoms with Crippen LogP contribution in [-0.4, -0.2) is 40.7 Å². The van der Waals surface area contributed by atoms with E-state index in [4.69, 9.17) is 13.9 Å². The predicted octanol–water partition coefficient (Wildman–Crippen LogP) is 2.59. The van der Waals surface area contributed by atoms with Crippen molar-refractivity contribution in [3.05, 3.63) is 0 Å². The Kier molecular flexibility index (Phi) is 5.81. The summed E-state index contributed by atoms with van der Waals surface area (Å²) in [7, 11) is -1.82. The minimum atomic E-state index is -1.82. The Hall–Kier alpha value is -0.393. The first-order chi connectivity index (χ1) is 8.39. The molecule has 18 heavy (non-hydrogen) atoms. The molecule has 0 radical (unpaired) electrons. The molecule has 0 amide bonds. The molecule has 0 spiro atoms. The third kappa shape index (κ3) is 5.08. The highest BCUT2D eigenvalue weighted by atomic mass is 28.4. The number of rotatable bonds is 8. The molecule has 0 bridgehead atoms. The van der Waals surface area contributed by atoms with Gasteiger partial charge >= 0.3 is 0 Å². The van der Waals surface area contributed by atoms with Crippen molar-refractivity contribution >= 4 is 14.3 Å². The van der Waals surface area contributed by atoms with Gasteiger partial charge in [0.25, 0.3) is 5.97 Å². The lowest BCUT2D eigenvalue weighted by Crippen LogP contribution is -2.45. The first-order valence-corrected chi connectivity index (χ1v) is 9.86. The van der Waals surface area contributed by atoms with Crippen molar-refractivity contribution in [1.29, 1.82) is 0 Å². The van der Waals surface area contributed by atoms with Crippen molar-refractivity contribution in [1.82, 2.24) is 0 Å². The van der Waals surface area contributed by atoms with Crippen LogP contribution < -0.4 is 0 Å². The maximum Gasteiger partial charge on any atom is 0.289 e. The lowest BCUT2D eigenvalue weighted by Gasteiger charge is -2.40. The molecule has 106 valence electrons. The summed E-state index contributed by atoms with van der Waals surface area (Å²) in [5.74, 6) is -0.163. The van der Waals surface area contributed by atoms with Crippen molar-refractivity contribution < 1.29 is 18.7 Å². The van der Waals surface area contributed by atoms with Crippen molar-refractivity contribution in [3.63, 3.8) is 0 Å². The zero-order chi connectivity index (χ0) is 13.6. The average molecular weight is 274 g/mol. The van der Waals surface area contributed by atoms with Crippen molar-refractivity contribution in [2.24, 2.45) is 5.41 Å². The van der Waals surface area contributed by atoms with Crippen LogP contribution in [0.4, 0.5) is 0 Å². The molecule has 1 saturated heterocycles. The van der Waals surface area contributed by atoms with Crippen LogP contribution in [-0.2, 0) is 18.7 Å². The molecule has 0 saturated carbocycles. The maximum absolute atomic E-state index is 10.9. The van der Waals surface area contributed by atoms with Gasteiger partial charge in [-0.2, -0.15) is 0 Å². The van der Waals surface area contributed by atoms with Crippen LogP contribution in [0, 0.1) is 5.41 Å². The molecule has 0 atom stereocenters. The number of hydrogen-bond acceptors (Lipinski definition) is 4. The van der Waals surface area contributed by atoms with Gasteiger partial charge in [0.1, 0.15) is 0 Å². The van der Waals surface area contributed by atoms with Gasteiger partial charge in [-0.1, -0.05) is 6.92 Å². The van der Waals surface area contributed by atoms with Gasteiger partial charge < -0.3 is 13.9 Å². The molecule has 5 heteroatoms. The Balaban J connectivity index is 2.09. The minimum Gasteiger partial charge on any atom is -0.520 e. The summed E-state index contributed by atoms with van der Waals surface area (Å²) in [6.07, 6.45) is 2.08. The van der Waals surface area contributed by atoms with E-state index in [0.29, 0.717) is 0 Å². The highest BCUT2D eigenvalue weighted by Crippen LogP contribution is 2.31. The quantitative estimate of drug-likeness (QED) is 0.504. The third-order valence-corrected chi connectivity index (χ3v) is 5.86. The number of carbonyl (C=O) groups excluding carboxylic acids is 1. The molecule has 0 aliphatic carbocycles. The Bertz CT molecular complexity index is 269. The largest absolute Gasteiger partial charge is 0.520 e. The summed E-state index contributed by atoms with van der Waals surface area (Å²) in [5, 5.41) is 0. The van der Waals surface area contributed by atoms with Crippen LogP contribution in [0.25, 0.3) is 0 Å². The Morgan fingerprint density at radius 3 is 2.50 bits per heavy atom. The molecular weight excluding hydrogens is 248 g/mol. The molecule has 1 aliphatic heterocycles. The second-order valence-electron chi connectivity index (χ2n) is 5.86. The fourth-order valence-corrected chi connectivity index (χ4v) is 3.99. The van der Waals surface area contributed by atoms with E-state index >= 15 is 0 Å². The smallest absolute Gasteiger partial charge is 0.289 e. The number of ether oxygens (including phenoxy) is 2. The van der Waals surface area contributed by atoms with Gasteiger partial charge in [0, 0.05) is 18.9 Å². The Morgan fingerprint density at radius 2 is 2.06 bits per heavy atom. The van der Waals surface area contributed by atoms with Gasteiger partial charge in [0.15, 0.2) is 0 Å². The Morgan fingerprint density at radius 1 is 1.39 bits per heavy atom. The fraction of sp³-hybridized carbons (Fsp3) is 0.923. The van der Waals surface area contributed by atoms with Crippen LogP contribution in [0.5, 0.6) is 0 Å². The topological polar surface area (TPSA) is 44.8 Å². The van der Waals surface area contributed by atoms with E-state index in [9.17, 15) is 4.79 Å².